The summed E-state index contributed by atoms with van der Waals surface area (Å²) in [6.07, 6.45) is 0. The largest absolute Gasteiger partial charge is 0.461 e. The Morgan fingerprint density at radius 2 is 1.83 bits per heavy atom. The number of carbonyl (C=O) groups excluding carboxylic acids is 2. The van der Waals surface area contributed by atoms with Crippen molar-refractivity contribution in [1.82, 2.24) is 4.98 Å². The Labute approximate surface area is 139 Å². The summed E-state index contributed by atoms with van der Waals surface area (Å²) >= 11 is 0. The molecule has 0 saturated carbocycles. The van der Waals surface area contributed by atoms with Gasteiger partial charge in [0.15, 0.2) is 0 Å². The van der Waals surface area contributed by atoms with E-state index in [9.17, 15) is 9.59 Å². The normalized spacial score (nSPS) is 10.6. The number of aromatic nitrogens is 1. The van der Waals surface area contributed by atoms with Gasteiger partial charge in [-0.15, -0.1) is 0 Å². The highest BCUT2D eigenvalue weighted by Crippen LogP contribution is 2.20. The van der Waals surface area contributed by atoms with Gasteiger partial charge in [-0.3, -0.25) is 4.79 Å². The average Bonchev–Trinajstić information content (AvgIpc) is 3.04. The molecule has 1 aromatic heterocycles. The molecule has 0 unspecified atom stereocenters. The third-order valence-corrected chi connectivity index (χ3v) is 3.81. The maximum Gasteiger partial charge on any atom is 0.354 e. The van der Waals surface area contributed by atoms with E-state index >= 15 is 0 Å². The van der Waals surface area contributed by atoms with Gasteiger partial charge in [-0.25, -0.2) is 4.79 Å². The van der Waals surface area contributed by atoms with Gasteiger partial charge in [-0.2, -0.15) is 0 Å². The van der Waals surface area contributed by atoms with Crippen LogP contribution in [0.1, 0.15) is 27.8 Å². The van der Waals surface area contributed by atoms with Crippen molar-refractivity contribution >= 4 is 28.5 Å². The van der Waals surface area contributed by atoms with E-state index in [1.165, 1.54) is 0 Å². The lowest BCUT2D eigenvalue weighted by Gasteiger charge is -2.17. The van der Waals surface area contributed by atoms with E-state index in [1.807, 2.05) is 30.3 Å². The number of carbonyl (C=O) groups is 2. The molecule has 122 valence electrons. The lowest BCUT2D eigenvalue weighted by atomic mass is 10.1. The van der Waals surface area contributed by atoms with Crippen LogP contribution in [0.5, 0.6) is 0 Å². The highest BCUT2D eigenvalue weighted by molar-refractivity contribution is 6.08. The Bertz CT molecular complexity index is 884. The first kappa shape index (κ1) is 15.8. The lowest BCUT2D eigenvalue weighted by molar-refractivity contribution is 0.0520. The molecule has 0 aliphatic rings. The SMILES string of the molecule is CCOC(=O)c1cc2cc(C(=O)N(C)c3ccccc3)ccc2[nH]1. The zero-order valence-corrected chi connectivity index (χ0v) is 13.6. The number of aromatic amines is 1. The predicted octanol–water partition coefficient (Wildman–Crippen LogP) is 3.62. The Balaban J connectivity index is 1.90. The van der Waals surface area contributed by atoms with Crippen LogP contribution in [-0.4, -0.2) is 30.5 Å². The molecule has 0 fully saturated rings. The van der Waals surface area contributed by atoms with Crippen LogP contribution in [0.25, 0.3) is 10.9 Å². The topological polar surface area (TPSA) is 62.4 Å². The maximum absolute atomic E-state index is 12.7. The molecule has 0 radical (unpaired) electrons. The summed E-state index contributed by atoms with van der Waals surface area (Å²) in [6.45, 7) is 2.08. The number of hydrogen-bond donors (Lipinski definition) is 1. The number of anilines is 1. The summed E-state index contributed by atoms with van der Waals surface area (Å²) < 4.78 is 4.99. The van der Waals surface area contributed by atoms with Crippen LogP contribution in [0, 0.1) is 0 Å². The fourth-order valence-electron chi connectivity index (χ4n) is 2.55. The molecular formula is C19H18N2O3. The number of H-pyrrole nitrogens is 1. The van der Waals surface area contributed by atoms with Crippen molar-refractivity contribution in [1.29, 1.82) is 0 Å². The van der Waals surface area contributed by atoms with Crippen molar-refractivity contribution in [3.05, 3.63) is 65.9 Å². The minimum atomic E-state index is -0.400. The quantitative estimate of drug-likeness (QED) is 0.746. The van der Waals surface area contributed by atoms with Gasteiger partial charge in [-0.05, 0) is 43.3 Å². The molecule has 1 N–H and O–H groups in total. The Kier molecular flexibility index (Phi) is 4.33. The number of para-hydroxylation sites is 1. The molecule has 0 saturated heterocycles. The number of nitrogens with zero attached hydrogens (tertiary/aromatic N) is 1. The lowest BCUT2D eigenvalue weighted by Crippen LogP contribution is -2.25. The van der Waals surface area contributed by atoms with Crippen LogP contribution in [-0.2, 0) is 4.74 Å². The van der Waals surface area contributed by atoms with E-state index in [-0.39, 0.29) is 5.91 Å². The summed E-state index contributed by atoms with van der Waals surface area (Å²) in [7, 11) is 1.74. The van der Waals surface area contributed by atoms with Gasteiger partial charge in [0.2, 0.25) is 0 Å². The third kappa shape index (κ3) is 3.01. The van der Waals surface area contributed by atoms with Crippen LogP contribution in [0.4, 0.5) is 5.69 Å². The Morgan fingerprint density at radius 1 is 1.08 bits per heavy atom. The van der Waals surface area contributed by atoms with Gasteiger partial charge in [0.1, 0.15) is 5.69 Å². The second-order valence-corrected chi connectivity index (χ2v) is 5.41. The zero-order chi connectivity index (χ0) is 17.1. The minimum absolute atomic E-state index is 0.109. The van der Waals surface area contributed by atoms with Crippen molar-refractivity contribution in [2.75, 3.05) is 18.6 Å². The molecule has 5 nitrogen and oxygen atoms in total. The molecular weight excluding hydrogens is 304 g/mol. The molecule has 24 heavy (non-hydrogen) atoms. The fourth-order valence-corrected chi connectivity index (χ4v) is 2.55. The zero-order valence-electron chi connectivity index (χ0n) is 13.6. The third-order valence-electron chi connectivity index (χ3n) is 3.81. The number of esters is 1. The van der Waals surface area contributed by atoms with Gasteiger partial charge in [0, 0.05) is 29.2 Å². The first-order chi connectivity index (χ1) is 11.6. The average molecular weight is 322 g/mol. The van der Waals surface area contributed by atoms with Gasteiger partial charge in [0.25, 0.3) is 5.91 Å². The van der Waals surface area contributed by atoms with E-state index < -0.39 is 5.97 Å². The molecule has 1 heterocycles. The number of nitrogens with one attached hydrogen (secondary N) is 1. The number of hydrogen-bond acceptors (Lipinski definition) is 3. The van der Waals surface area contributed by atoms with E-state index in [0.717, 1.165) is 16.6 Å². The van der Waals surface area contributed by atoms with Crippen molar-refractivity contribution < 1.29 is 14.3 Å². The Hall–Kier alpha value is -3.08. The van der Waals surface area contributed by atoms with E-state index in [1.54, 1.807) is 43.1 Å². The smallest absolute Gasteiger partial charge is 0.354 e. The fraction of sp³-hybridized carbons (Fsp3) is 0.158. The highest BCUT2D eigenvalue weighted by atomic mass is 16.5. The second kappa shape index (κ2) is 6.58. The molecule has 0 spiro atoms. The summed E-state index contributed by atoms with van der Waals surface area (Å²) in [4.78, 5) is 29.1. The van der Waals surface area contributed by atoms with Crippen molar-refractivity contribution in [3.63, 3.8) is 0 Å². The van der Waals surface area contributed by atoms with E-state index in [4.69, 9.17) is 4.74 Å². The molecule has 0 bridgehead atoms. The molecule has 3 rings (SSSR count). The molecule has 5 heteroatoms. The molecule has 0 aliphatic heterocycles. The van der Waals surface area contributed by atoms with Crippen LogP contribution in [0.15, 0.2) is 54.6 Å². The second-order valence-electron chi connectivity index (χ2n) is 5.41. The summed E-state index contributed by atoms with van der Waals surface area (Å²) in [5, 5.41) is 0.797. The molecule has 1 amide bonds. The molecule has 2 aromatic carbocycles. The molecule has 0 aliphatic carbocycles. The van der Waals surface area contributed by atoms with Crippen LogP contribution >= 0.6 is 0 Å². The standard InChI is InChI=1S/C19H18N2O3/c1-3-24-19(23)17-12-14-11-13(9-10-16(14)20-17)18(22)21(2)15-7-5-4-6-8-15/h4-12,20H,3H2,1-2H3. The minimum Gasteiger partial charge on any atom is -0.461 e. The Morgan fingerprint density at radius 3 is 2.54 bits per heavy atom. The summed E-state index contributed by atoms with van der Waals surface area (Å²) in [5.74, 6) is -0.509. The van der Waals surface area contributed by atoms with Gasteiger partial charge in [0.05, 0.1) is 6.61 Å². The first-order valence-electron chi connectivity index (χ1n) is 7.73. The number of fused-ring (bicyclic) bond motifs is 1. The van der Waals surface area contributed by atoms with E-state index in [2.05, 4.69) is 4.98 Å². The van der Waals surface area contributed by atoms with Gasteiger partial charge in [-0.1, -0.05) is 18.2 Å². The van der Waals surface area contributed by atoms with Crippen LogP contribution in [0.3, 0.4) is 0 Å². The van der Waals surface area contributed by atoms with Crippen LogP contribution < -0.4 is 4.90 Å². The van der Waals surface area contributed by atoms with Gasteiger partial charge >= 0.3 is 5.97 Å². The maximum atomic E-state index is 12.7. The molecule has 0 atom stereocenters. The first-order valence-corrected chi connectivity index (χ1v) is 7.73. The predicted molar refractivity (Wildman–Crippen MR) is 93.4 cm³/mol. The number of ether oxygens (including phenoxy) is 1. The highest BCUT2D eigenvalue weighted by Gasteiger charge is 2.15. The van der Waals surface area contributed by atoms with Crippen molar-refractivity contribution in [2.24, 2.45) is 0 Å². The summed E-state index contributed by atoms with van der Waals surface area (Å²) in [5.41, 5.74) is 2.55. The monoisotopic (exact) mass is 322 g/mol. The van der Waals surface area contributed by atoms with Crippen molar-refractivity contribution in [2.45, 2.75) is 6.92 Å². The number of rotatable bonds is 4. The van der Waals surface area contributed by atoms with Crippen molar-refractivity contribution in [3.8, 4) is 0 Å². The number of benzene rings is 2. The van der Waals surface area contributed by atoms with Crippen LogP contribution in [0.2, 0.25) is 0 Å². The summed E-state index contributed by atoms with van der Waals surface area (Å²) in [6, 6.07) is 16.5. The van der Waals surface area contributed by atoms with E-state index in [0.29, 0.717) is 17.9 Å². The number of amides is 1. The van der Waals surface area contributed by atoms with Gasteiger partial charge < -0.3 is 14.6 Å². The molecule has 3 aromatic rings.